The molecule has 4 nitrogen and oxygen atoms in total. The molecule has 4 rings (SSSR count). The van der Waals surface area contributed by atoms with E-state index in [0.717, 1.165) is 16.7 Å². The molecule has 0 spiro atoms. The van der Waals surface area contributed by atoms with Gasteiger partial charge >= 0.3 is 0 Å². The first-order chi connectivity index (χ1) is 12.0. The summed E-state index contributed by atoms with van der Waals surface area (Å²) in [4.78, 5) is 13.4. The first kappa shape index (κ1) is 16.3. The Hall–Kier alpha value is -2.21. The Kier molecular flexibility index (Phi) is 4.07. The predicted molar refractivity (Wildman–Crippen MR) is 103 cm³/mol. The minimum absolute atomic E-state index is 0.158. The Bertz CT molecular complexity index is 1210. The van der Waals surface area contributed by atoms with Crippen LogP contribution < -0.4 is 10.1 Å². The number of thiazole rings is 1. The third-order valence-corrected chi connectivity index (χ3v) is 5.41. The molecular formula is C18H11Cl2N3OS. The van der Waals surface area contributed by atoms with Crippen molar-refractivity contribution in [3.8, 4) is 11.4 Å². The summed E-state index contributed by atoms with van der Waals surface area (Å²) in [6.45, 7) is 1.98. The van der Waals surface area contributed by atoms with Crippen molar-refractivity contribution in [3.63, 3.8) is 0 Å². The maximum Gasteiger partial charge on any atom is 0.276 e. The molecule has 0 amide bonds. The van der Waals surface area contributed by atoms with Crippen LogP contribution in [0, 0.1) is 6.92 Å². The molecule has 124 valence electrons. The van der Waals surface area contributed by atoms with Gasteiger partial charge in [0.2, 0.25) is 4.96 Å². The molecule has 2 aromatic heterocycles. The van der Waals surface area contributed by atoms with Gasteiger partial charge < -0.3 is 0 Å². The van der Waals surface area contributed by atoms with Crippen LogP contribution in [0.5, 0.6) is 0 Å². The van der Waals surface area contributed by atoms with Crippen LogP contribution in [0.3, 0.4) is 0 Å². The third kappa shape index (κ3) is 2.84. The van der Waals surface area contributed by atoms with Gasteiger partial charge in [0.25, 0.3) is 5.56 Å². The molecule has 2 heterocycles. The molecule has 0 N–H and O–H groups in total. The SMILES string of the molecule is Cc1ccccc1-c1nnc2s/c(=C\c3ccc(Cl)cc3Cl)c(=O)n12. The molecule has 7 heteroatoms. The van der Waals surface area contributed by atoms with Crippen LogP contribution >= 0.6 is 34.5 Å². The number of rotatable bonds is 2. The maximum atomic E-state index is 12.9. The smallest absolute Gasteiger partial charge is 0.267 e. The third-order valence-electron chi connectivity index (χ3n) is 3.88. The van der Waals surface area contributed by atoms with Crippen LogP contribution in [0.4, 0.5) is 0 Å². The second-order valence-electron chi connectivity index (χ2n) is 5.54. The zero-order chi connectivity index (χ0) is 17.6. The molecule has 4 aromatic rings. The minimum atomic E-state index is -0.158. The van der Waals surface area contributed by atoms with E-state index in [1.54, 1.807) is 28.7 Å². The summed E-state index contributed by atoms with van der Waals surface area (Å²) < 4.78 is 2.09. The fourth-order valence-corrected chi connectivity index (χ4v) is 3.99. The van der Waals surface area contributed by atoms with Gasteiger partial charge in [0.15, 0.2) is 5.82 Å². The first-order valence-electron chi connectivity index (χ1n) is 7.45. The highest BCUT2D eigenvalue weighted by molar-refractivity contribution is 7.15. The van der Waals surface area contributed by atoms with Crippen molar-refractivity contribution in [2.24, 2.45) is 0 Å². The fourth-order valence-electron chi connectivity index (χ4n) is 2.62. The van der Waals surface area contributed by atoms with Crippen molar-refractivity contribution in [3.05, 3.63) is 78.5 Å². The van der Waals surface area contributed by atoms with Crippen molar-refractivity contribution in [2.75, 3.05) is 0 Å². The van der Waals surface area contributed by atoms with E-state index in [4.69, 9.17) is 23.2 Å². The molecule has 0 saturated heterocycles. The molecule has 0 aliphatic rings. The van der Waals surface area contributed by atoms with Gasteiger partial charge in [-0.1, -0.05) is 64.9 Å². The maximum absolute atomic E-state index is 12.9. The van der Waals surface area contributed by atoms with E-state index in [1.165, 1.54) is 11.3 Å². The molecule has 25 heavy (non-hydrogen) atoms. The lowest BCUT2D eigenvalue weighted by Crippen LogP contribution is -2.23. The van der Waals surface area contributed by atoms with Crippen LogP contribution in [0.25, 0.3) is 22.4 Å². The second-order valence-corrected chi connectivity index (χ2v) is 7.39. The van der Waals surface area contributed by atoms with Gasteiger partial charge in [0, 0.05) is 15.6 Å². The van der Waals surface area contributed by atoms with Crippen molar-refractivity contribution in [1.29, 1.82) is 0 Å². The number of hydrogen-bond donors (Lipinski definition) is 0. The lowest BCUT2D eigenvalue weighted by atomic mass is 10.1. The van der Waals surface area contributed by atoms with Crippen molar-refractivity contribution in [2.45, 2.75) is 6.92 Å². The van der Waals surface area contributed by atoms with Gasteiger partial charge in [-0.2, -0.15) is 0 Å². The number of aromatic nitrogens is 3. The highest BCUT2D eigenvalue weighted by atomic mass is 35.5. The Morgan fingerprint density at radius 3 is 2.68 bits per heavy atom. The van der Waals surface area contributed by atoms with Gasteiger partial charge in [-0.05, 0) is 36.3 Å². The van der Waals surface area contributed by atoms with E-state index in [9.17, 15) is 4.79 Å². The fraction of sp³-hybridized carbons (Fsp3) is 0.0556. The molecule has 0 unspecified atom stereocenters. The molecular weight excluding hydrogens is 377 g/mol. The summed E-state index contributed by atoms with van der Waals surface area (Å²) >= 11 is 13.4. The summed E-state index contributed by atoms with van der Waals surface area (Å²) in [5.74, 6) is 0.552. The second kappa shape index (κ2) is 6.26. The first-order valence-corrected chi connectivity index (χ1v) is 9.02. The number of benzene rings is 2. The molecule has 2 aromatic carbocycles. The number of fused-ring (bicyclic) bond motifs is 1. The van der Waals surface area contributed by atoms with Crippen LogP contribution in [-0.2, 0) is 0 Å². The topological polar surface area (TPSA) is 47.3 Å². The zero-order valence-electron chi connectivity index (χ0n) is 13.0. The molecule has 0 saturated carbocycles. The quantitative estimate of drug-likeness (QED) is 0.522. The number of halogens is 2. The van der Waals surface area contributed by atoms with Crippen molar-refractivity contribution >= 4 is 45.6 Å². The Balaban J connectivity index is 1.94. The van der Waals surface area contributed by atoms with Crippen LogP contribution in [-0.4, -0.2) is 14.6 Å². The lowest BCUT2D eigenvalue weighted by Gasteiger charge is -2.01. The Morgan fingerprint density at radius 1 is 1.12 bits per heavy atom. The zero-order valence-corrected chi connectivity index (χ0v) is 15.4. The molecule has 0 fully saturated rings. The van der Waals surface area contributed by atoms with Gasteiger partial charge in [-0.25, -0.2) is 4.40 Å². The van der Waals surface area contributed by atoms with Crippen molar-refractivity contribution < 1.29 is 0 Å². The van der Waals surface area contributed by atoms with Gasteiger partial charge in [-0.15, -0.1) is 10.2 Å². The van der Waals surface area contributed by atoms with Crippen molar-refractivity contribution in [1.82, 2.24) is 14.6 Å². The van der Waals surface area contributed by atoms with E-state index in [0.29, 0.717) is 25.4 Å². The summed E-state index contributed by atoms with van der Waals surface area (Å²) in [6, 6.07) is 13.0. The van der Waals surface area contributed by atoms with E-state index < -0.39 is 0 Å². The van der Waals surface area contributed by atoms with E-state index >= 15 is 0 Å². The molecule has 0 atom stereocenters. The van der Waals surface area contributed by atoms with Crippen LogP contribution in [0.2, 0.25) is 10.0 Å². The molecule has 0 bridgehead atoms. The lowest BCUT2D eigenvalue weighted by molar-refractivity contribution is 1.09. The van der Waals surface area contributed by atoms with Gasteiger partial charge in [0.1, 0.15) is 0 Å². The van der Waals surface area contributed by atoms with Gasteiger partial charge in [0.05, 0.1) is 4.53 Å². The number of hydrogen-bond acceptors (Lipinski definition) is 4. The molecule has 0 aliphatic carbocycles. The summed E-state index contributed by atoms with van der Waals surface area (Å²) in [7, 11) is 0. The average molecular weight is 388 g/mol. The Labute approximate surface area is 157 Å². The van der Waals surface area contributed by atoms with E-state index in [2.05, 4.69) is 10.2 Å². The molecule has 0 aliphatic heterocycles. The average Bonchev–Trinajstić information content (AvgIpc) is 3.12. The van der Waals surface area contributed by atoms with Gasteiger partial charge in [-0.3, -0.25) is 4.79 Å². The van der Waals surface area contributed by atoms with E-state index in [1.807, 2.05) is 31.2 Å². The van der Waals surface area contributed by atoms with Crippen LogP contribution in [0.1, 0.15) is 11.1 Å². The number of nitrogens with zero attached hydrogens (tertiary/aromatic N) is 3. The molecule has 0 radical (unpaired) electrons. The van der Waals surface area contributed by atoms with E-state index in [-0.39, 0.29) is 5.56 Å². The normalized spacial score (nSPS) is 12.2. The van der Waals surface area contributed by atoms with Crippen LogP contribution in [0.15, 0.2) is 47.3 Å². The largest absolute Gasteiger partial charge is 0.276 e. The highest BCUT2D eigenvalue weighted by Crippen LogP contribution is 2.23. The summed E-state index contributed by atoms with van der Waals surface area (Å²) in [5, 5.41) is 9.39. The standard InChI is InChI=1S/C18H11Cl2N3OS/c1-10-4-2-3-5-13(10)16-21-22-18-23(16)17(24)15(25-18)8-11-6-7-12(19)9-14(11)20/h2-9H,1H3/b15-8-. The Morgan fingerprint density at radius 2 is 1.92 bits per heavy atom. The highest BCUT2D eigenvalue weighted by Gasteiger charge is 2.15. The number of aryl methyl sites for hydroxylation is 1. The monoisotopic (exact) mass is 387 g/mol. The summed E-state index contributed by atoms with van der Waals surface area (Å²) in [5.41, 5.74) is 2.50. The predicted octanol–water partition coefficient (Wildman–Crippen LogP) is 3.98. The minimum Gasteiger partial charge on any atom is -0.267 e. The summed E-state index contributed by atoms with van der Waals surface area (Å²) in [6.07, 6.45) is 1.75.